The summed E-state index contributed by atoms with van der Waals surface area (Å²) in [7, 11) is 0. The monoisotopic (exact) mass is 507 g/mol. The van der Waals surface area contributed by atoms with Crippen molar-refractivity contribution in [3.8, 4) is 11.8 Å². The molecule has 8 heteroatoms. The minimum atomic E-state index is -0.556. The number of halogens is 2. The molecule has 0 atom stereocenters. The fourth-order valence-electron chi connectivity index (χ4n) is 3.23. The molecule has 3 rings (SSSR count). The Hall–Kier alpha value is -3.79. The van der Waals surface area contributed by atoms with E-state index in [1.54, 1.807) is 18.2 Å². The van der Waals surface area contributed by atoms with Crippen LogP contribution in [0, 0.1) is 32.1 Å². The molecule has 0 unspecified atom stereocenters. The smallest absolute Gasteiger partial charge is 0.266 e. The van der Waals surface area contributed by atoms with E-state index < -0.39 is 5.91 Å². The number of benzene rings is 3. The average Bonchev–Trinajstić information content (AvgIpc) is 2.80. The quantitative estimate of drug-likeness (QED) is 0.282. The summed E-state index contributed by atoms with van der Waals surface area (Å²) < 4.78 is 5.52. The van der Waals surface area contributed by atoms with Crippen LogP contribution in [0.2, 0.25) is 10.0 Å². The van der Waals surface area contributed by atoms with Gasteiger partial charge in [0.25, 0.3) is 11.8 Å². The van der Waals surface area contributed by atoms with E-state index in [1.807, 2.05) is 51.1 Å². The summed E-state index contributed by atoms with van der Waals surface area (Å²) in [5.74, 6) is -0.803. The average molecular weight is 508 g/mol. The first-order valence-electron chi connectivity index (χ1n) is 10.6. The SMILES string of the molecule is Cc1ccc(NC(=O)COc2c(Cl)cc(/C=C(\C#N)C(=O)Nc3ccc(C)cc3C)cc2Cl)cc1. The molecule has 0 aliphatic carbocycles. The minimum Gasteiger partial charge on any atom is -0.481 e. The maximum absolute atomic E-state index is 12.6. The number of carbonyl (C=O) groups excluding carboxylic acids is 2. The number of nitrogens with zero attached hydrogens (tertiary/aromatic N) is 1. The van der Waals surface area contributed by atoms with E-state index in [9.17, 15) is 14.9 Å². The molecule has 35 heavy (non-hydrogen) atoms. The number of anilines is 2. The first-order chi connectivity index (χ1) is 16.7. The van der Waals surface area contributed by atoms with Crippen molar-refractivity contribution in [3.63, 3.8) is 0 Å². The Bertz CT molecular complexity index is 1320. The molecular formula is C27H23Cl2N3O3. The predicted octanol–water partition coefficient (Wildman–Crippen LogP) is 6.48. The topological polar surface area (TPSA) is 91.2 Å². The highest BCUT2D eigenvalue weighted by Gasteiger charge is 2.15. The zero-order chi connectivity index (χ0) is 25.5. The third-order valence-electron chi connectivity index (χ3n) is 5.01. The van der Waals surface area contributed by atoms with Crippen molar-refractivity contribution in [3.05, 3.63) is 92.5 Å². The maximum atomic E-state index is 12.6. The number of ether oxygens (including phenoxy) is 1. The molecule has 6 nitrogen and oxygen atoms in total. The van der Waals surface area contributed by atoms with Crippen LogP contribution in [0.4, 0.5) is 11.4 Å². The molecule has 0 saturated carbocycles. The number of carbonyl (C=O) groups is 2. The molecule has 0 aliphatic rings. The number of hydrogen-bond donors (Lipinski definition) is 2. The molecule has 3 aromatic carbocycles. The highest BCUT2D eigenvalue weighted by molar-refractivity contribution is 6.37. The lowest BCUT2D eigenvalue weighted by molar-refractivity contribution is -0.118. The molecule has 0 spiro atoms. The van der Waals surface area contributed by atoms with Crippen molar-refractivity contribution in [1.82, 2.24) is 0 Å². The van der Waals surface area contributed by atoms with Gasteiger partial charge in [0, 0.05) is 11.4 Å². The zero-order valence-electron chi connectivity index (χ0n) is 19.4. The van der Waals surface area contributed by atoms with Crippen molar-refractivity contribution in [2.24, 2.45) is 0 Å². The van der Waals surface area contributed by atoms with Gasteiger partial charge in [0.2, 0.25) is 0 Å². The third-order valence-corrected chi connectivity index (χ3v) is 5.57. The van der Waals surface area contributed by atoms with Crippen LogP contribution in [-0.2, 0) is 9.59 Å². The molecule has 3 aromatic rings. The summed E-state index contributed by atoms with van der Waals surface area (Å²) in [6.07, 6.45) is 1.38. The van der Waals surface area contributed by atoms with Gasteiger partial charge in [0.15, 0.2) is 12.4 Å². The lowest BCUT2D eigenvalue weighted by Crippen LogP contribution is -2.20. The van der Waals surface area contributed by atoms with Gasteiger partial charge in [-0.1, -0.05) is 58.6 Å². The fraction of sp³-hybridized carbons (Fsp3) is 0.148. The van der Waals surface area contributed by atoms with E-state index in [2.05, 4.69) is 10.6 Å². The van der Waals surface area contributed by atoms with Crippen molar-refractivity contribution >= 4 is 52.5 Å². The second-order valence-electron chi connectivity index (χ2n) is 7.96. The van der Waals surface area contributed by atoms with E-state index in [0.717, 1.165) is 16.7 Å². The number of nitrogens with one attached hydrogen (secondary N) is 2. The molecule has 0 radical (unpaired) electrons. The third kappa shape index (κ3) is 7.10. The van der Waals surface area contributed by atoms with Crippen LogP contribution in [0.15, 0.2) is 60.2 Å². The maximum Gasteiger partial charge on any atom is 0.266 e. The van der Waals surface area contributed by atoms with Gasteiger partial charge < -0.3 is 15.4 Å². The Labute approximate surface area is 214 Å². The minimum absolute atomic E-state index is 0.122. The predicted molar refractivity (Wildman–Crippen MR) is 140 cm³/mol. The second-order valence-corrected chi connectivity index (χ2v) is 8.77. The summed E-state index contributed by atoms with van der Waals surface area (Å²) in [5, 5.41) is 15.2. The van der Waals surface area contributed by atoms with Crippen molar-refractivity contribution in [2.75, 3.05) is 17.2 Å². The van der Waals surface area contributed by atoms with Crippen LogP contribution < -0.4 is 15.4 Å². The Balaban J connectivity index is 1.70. The highest BCUT2D eigenvalue weighted by Crippen LogP contribution is 2.35. The molecular weight excluding hydrogens is 485 g/mol. The Morgan fingerprint density at radius 2 is 1.57 bits per heavy atom. The van der Waals surface area contributed by atoms with Gasteiger partial charge in [0.05, 0.1) is 10.0 Å². The Morgan fingerprint density at radius 1 is 0.943 bits per heavy atom. The van der Waals surface area contributed by atoms with E-state index in [-0.39, 0.29) is 33.9 Å². The highest BCUT2D eigenvalue weighted by atomic mass is 35.5. The van der Waals surface area contributed by atoms with Gasteiger partial charge in [-0.2, -0.15) is 5.26 Å². The first kappa shape index (κ1) is 25.8. The number of nitriles is 1. The largest absolute Gasteiger partial charge is 0.481 e. The molecule has 2 N–H and O–H groups in total. The molecule has 0 aromatic heterocycles. The van der Waals surface area contributed by atoms with E-state index in [1.165, 1.54) is 18.2 Å². The molecule has 0 fully saturated rings. The molecule has 0 bridgehead atoms. The Morgan fingerprint density at radius 3 is 2.17 bits per heavy atom. The summed E-state index contributed by atoms with van der Waals surface area (Å²) in [6, 6.07) is 17.8. The lowest BCUT2D eigenvalue weighted by atomic mass is 10.1. The first-order valence-corrected chi connectivity index (χ1v) is 11.4. The summed E-state index contributed by atoms with van der Waals surface area (Å²) >= 11 is 12.6. The fourth-order valence-corrected chi connectivity index (χ4v) is 3.84. The standard InChI is InChI=1S/C27H23Cl2N3O3/c1-16-4-7-21(8-5-16)31-25(33)15-35-26-22(28)12-19(13-23(26)29)11-20(14-30)27(34)32-24-9-6-17(2)10-18(24)3/h4-13H,15H2,1-3H3,(H,31,33)(H,32,34)/b20-11+. The zero-order valence-corrected chi connectivity index (χ0v) is 20.9. The van der Waals surface area contributed by atoms with Crippen LogP contribution in [0.3, 0.4) is 0 Å². The number of amides is 2. The summed E-state index contributed by atoms with van der Waals surface area (Å²) in [4.78, 5) is 24.8. The normalized spacial score (nSPS) is 10.9. The van der Waals surface area contributed by atoms with Crippen molar-refractivity contribution < 1.29 is 14.3 Å². The molecule has 2 amide bonds. The van der Waals surface area contributed by atoms with Gasteiger partial charge in [-0.15, -0.1) is 0 Å². The Kier molecular flexibility index (Phi) is 8.53. The summed E-state index contributed by atoms with van der Waals surface area (Å²) in [5.41, 5.74) is 4.60. The van der Waals surface area contributed by atoms with E-state index in [4.69, 9.17) is 27.9 Å². The van der Waals surface area contributed by atoms with Crippen LogP contribution in [0.5, 0.6) is 5.75 Å². The van der Waals surface area contributed by atoms with Crippen molar-refractivity contribution in [2.45, 2.75) is 20.8 Å². The van der Waals surface area contributed by atoms with Gasteiger partial charge in [-0.05, 0) is 68.3 Å². The van der Waals surface area contributed by atoms with Crippen molar-refractivity contribution in [1.29, 1.82) is 5.26 Å². The van der Waals surface area contributed by atoms with E-state index >= 15 is 0 Å². The molecule has 0 heterocycles. The number of hydrogen-bond acceptors (Lipinski definition) is 4. The van der Waals surface area contributed by atoms with Crippen LogP contribution in [0.25, 0.3) is 6.08 Å². The van der Waals surface area contributed by atoms with Gasteiger partial charge in [-0.3, -0.25) is 9.59 Å². The second kappa shape index (κ2) is 11.6. The van der Waals surface area contributed by atoms with Gasteiger partial charge in [0.1, 0.15) is 11.6 Å². The van der Waals surface area contributed by atoms with Gasteiger partial charge in [-0.25, -0.2) is 0 Å². The molecule has 178 valence electrons. The molecule has 0 saturated heterocycles. The van der Waals surface area contributed by atoms with Crippen LogP contribution >= 0.6 is 23.2 Å². The van der Waals surface area contributed by atoms with Crippen LogP contribution in [-0.4, -0.2) is 18.4 Å². The number of aryl methyl sites for hydroxylation is 3. The summed E-state index contributed by atoms with van der Waals surface area (Å²) in [6.45, 7) is 5.48. The number of rotatable bonds is 7. The van der Waals surface area contributed by atoms with E-state index in [0.29, 0.717) is 16.9 Å². The lowest BCUT2D eigenvalue weighted by Gasteiger charge is -2.12. The molecule has 0 aliphatic heterocycles. The van der Waals surface area contributed by atoms with Gasteiger partial charge >= 0.3 is 0 Å². The van der Waals surface area contributed by atoms with Crippen LogP contribution in [0.1, 0.15) is 22.3 Å².